The van der Waals surface area contributed by atoms with Crippen LogP contribution in [0.4, 0.5) is 5.69 Å². The van der Waals surface area contributed by atoms with Crippen LogP contribution < -0.4 is 15.5 Å². The van der Waals surface area contributed by atoms with Gasteiger partial charge in [0, 0.05) is 13.0 Å². The van der Waals surface area contributed by atoms with Gasteiger partial charge in [-0.2, -0.15) is 0 Å². The highest BCUT2D eigenvalue weighted by molar-refractivity contribution is 7.80. The predicted octanol–water partition coefficient (Wildman–Crippen LogP) is 1.78. The number of benzene rings is 1. The van der Waals surface area contributed by atoms with Crippen molar-refractivity contribution in [1.82, 2.24) is 5.32 Å². The second-order valence-corrected chi connectivity index (χ2v) is 5.95. The minimum atomic E-state index is 0.627. The fraction of sp³-hybridized carbons (Fsp3) is 0.500. The van der Waals surface area contributed by atoms with Crippen molar-refractivity contribution in [2.75, 3.05) is 32.5 Å². The van der Waals surface area contributed by atoms with Gasteiger partial charge in [-0.3, -0.25) is 0 Å². The zero-order valence-corrected chi connectivity index (χ0v) is 13.6. The Morgan fingerprint density at radius 2 is 2.00 bits per heavy atom. The Kier molecular flexibility index (Phi) is 6.55. The summed E-state index contributed by atoms with van der Waals surface area (Å²) in [6.07, 6.45) is 1.09. The normalized spacial score (nSPS) is 10.6. The number of halogens is 1. The Bertz CT molecular complexity index is 423. The van der Waals surface area contributed by atoms with Crippen molar-refractivity contribution in [3.8, 4) is 0 Å². The van der Waals surface area contributed by atoms with Crippen LogP contribution in [-0.2, 0) is 0 Å². The number of anilines is 1. The summed E-state index contributed by atoms with van der Waals surface area (Å²) in [6, 6.07) is 4.03. The molecule has 0 aliphatic heterocycles. The summed E-state index contributed by atoms with van der Waals surface area (Å²) >= 11 is 11.5. The number of thiocarbonyl (C=S) groups is 1. The molecule has 0 heterocycles. The Hall–Kier alpha value is -0.840. The molecule has 0 unspecified atom stereocenters. The average molecular weight is 301 g/mol. The first-order chi connectivity index (χ1) is 8.90. The molecule has 0 spiro atoms. The van der Waals surface area contributed by atoms with E-state index in [2.05, 4.69) is 30.8 Å². The molecule has 1 rings (SSSR count). The molecule has 0 saturated carbocycles. The number of rotatable bonds is 5. The van der Waals surface area contributed by atoms with Gasteiger partial charge >= 0.3 is 0 Å². The van der Waals surface area contributed by atoms with Crippen molar-refractivity contribution in [2.45, 2.75) is 20.3 Å². The fourth-order valence-electron chi connectivity index (χ4n) is 1.88. The monoisotopic (exact) mass is 300 g/mol. The zero-order valence-electron chi connectivity index (χ0n) is 12.1. The molecule has 1 aromatic rings. The molecule has 0 saturated heterocycles. The van der Waals surface area contributed by atoms with Gasteiger partial charge in [0.05, 0.1) is 31.4 Å². The van der Waals surface area contributed by atoms with Crippen LogP contribution >= 0.6 is 23.8 Å². The minimum absolute atomic E-state index is 0.627. The maximum atomic E-state index is 6.23. The standard InChI is InChI=1S/C14H22ClN3S/c1-10-8-11(2)13(12(15)9-10)17-14(19)16-6-5-7-18(3)4/h8-9H,5-7H2,1-4H3,(H2,16,17,19)/p+1. The van der Waals surface area contributed by atoms with Crippen molar-refractivity contribution in [3.05, 3.63) is 28.3 Å². The fourth-order valence-corrected chi connectivity index (χ4v) is 2.45. The zero-order chi connectivity index (χ0) is 14.4. The molecule has 0 radical (unpaired) electrons. The SMILES string of the molecule is Cc1cc(C)c(NC(=S)NCCC[NH+](C)C)c(Cl)c1. The van der Waals surface area contributed by atoms with E-state index in [4.69, 9.17) is 23.8 Å². The molecule has 0 aliphatic rings. The maximum absolute atomic E-state index is 6.23. The lowest BCUT2D eigenvalue weighted by molar-refractivity contribution is -0.858. The summed E-state index contributed by atoms with van der Waals surface area (Å²) in [4.78, 5) is 1.44. The first kappa shape index (κ1) is 16.2. The molecule has 0 aliphatic carbocycles. The van der Waals surface area contributed by atoms with Gasteiger partial charge in [0.1, 0.15) is 0 Å². The largest absolute Gasteiger partial charge is 0.362 e. The number of hydrogen-bond acceptors (Lipinski definition) is 1. The summed E-state index contributed by atoms with van der Waals surface area (Å²) in [7, 11) is 4.29. The van der Waals surface area contributed by atoms with E-state index >= 15 is 0 Å². The van der Waals surface area contributed by atoms with Crippen LogP contribution in [0, 0.1) is 13.8 Å². The van der Waals surface area contributed by atoms with Gasteiger partial charge in [-0.25, -0.2) is 0 Å². The van der Waals surface area contributed by atoms with Crippen LogP contribution in [0.5, 0.6) is 0 Å². The van der Waals surface area contributed by atoms with Crippen LogP contribution in [0.3, 0.4) is 0 Å². The Morgan fingerprint density at radius 1 is 1.32 bits per heavy atom. The lowest BCUT2D eigenvalue weighted by Crippen LogP contribution is -3.05. The van der Waals surface area contributed by atoms with Gasteiger partial charge in [-0.1, -0.05) is 17.7 Å². The Labute approximate surface area is 126 Å². The molecule has 5 heteroatoms. The number of hydrogen-bond donors (Lipinski definition) is 3. The molecule has 1 aromatic carbocycles. The second kappa shape index (κ2) is 7.68. The Morgan fingerprint density at radius 3 is 2.58 bits per heavy atom. The molecule has 0 bridgehead atoms. The van der Waals surface area contributed by atoms with Gasteiger partial charge in [-0.15, -0.1) is 0 Å². The average Bonchev–Trinajstić information content (AvgIpc) is 2.29. The topological polar surface area (TPSA) is 28.5 Å². The van der Waals surface area contributed by atoms with Crippen LogP contribution in [0.15, 0.2) is 12.1 Å². The van der Waals surface area contributed by atoms with Crippen LogP contribution in [0.1, 0.15) is 17.5 Å². The van der Waals surface area contributed by atoms with Crippen LogP contribution in [-0.4, -0.2) is 32.3 Å². The number of quaternary nitrogens is 1. The number of aryl methyl sites for hydroxylation is 2. The molecule has 0 atom stereocenters. The van der Waals surface area contributed by atoms with E-state index in [1.807, 2.05) is 19.9 Å². The quantitative estimate of drug-likeness (QED) is 0.572. The van der Waals surface area contributed by atoms with Crippen molar-refractivity contribution < 1.29 is 4.90 Å². The first-order valence-corrected chi connectivity index (χ1v) is 7.29. The van der Waals surface area contributed by atoms with Crippen molar-refractivity contribution in [2.24, 2.45) is 0 Å². The molecule has 3 N–H and O–H groups in total. The molecule has 106 valence electrons. The third-order valence-corrected chi connectivity index (χ3v) is 3.35. The van der Waals surface area contributed by atoms with E-state index in [9.17, 15) is 0 Å². The molecule has 0 fully saturated rings. The summed E-state index contributed by atoms with van der Waals surface area (Å²) in [5.74, 6) is 0. The maximum Gasteiger partial charge on any atom is 0.170 e. The lowest BCUT2D eigenvalue weighted by atomic mass is 10.1. The molecule has 0 aromatic heterocycles. The summed E-state index contributed by atoms with van der Waals surface area (Å²) in [6.45, 7) is 6.06. The number of nitrogens with one attached hydrogen (secondary N) is 3. The van der Waals surface area contributed by atoms with Gasteiger partial charge in [0.25, 0.3) is 0 Å². The molecular weight excluding hydrogens is 278 g/mol. The summed E-state index contributed by atoms with van der Waals surface area (Å²) in [5, 5.41) is 7.71. The first-order valence-electron chi connectivity index (χ1n) is 6.50. The smallest absolute Gasteiger partial charge is 0.170 e. The van der Waals surface area contributed by atoms with Gasteiger partial charge in [0.2, 0.25) is 0 Å². The van der Waals surface area contributed by atoms with E-state index in [0.717, 1.165) is 36.3 Å². The van der Waals surface area contributed by atoms with Gasteiger partial charge in [0.15, 0.2) is 5.11 Å². The molecule has 3 nitrogen and oxygen atoms in total. The van der Waals surface area contributed by atoms with Crippen LogP contribution in [0.2, 0.25) is 5.02 Å². The highest BCUT2D eigenvalue weighted by Gasteiger charge is 2.07. The van der Waals surface area contributed by atoms with E-state index in [0.29, 0.717) is 10.1 Å². The molecule has 0 amide bonds. The van der Waals surface area contributed by atoms with E-state index in [1.54, 1.807) is 0 Å². The van der Waals surface area contributed by atoms with Crippen LogP contribution in [0.25, 0.3) is 0 Å². The van der Waals surface area contributed by atoms with E-state index in [-0.39, 0.29) is 0 Å². The third kappa shape index (κ3) is 5.76. The van der Waals surface area contributed by atoms with E-state index < -0.39 is 0 Å². The summed E-state index contributed by atoms with van der Waals surface area (Å²) in [5.41, 5.74) is 3.15. The van der Waals surface area contributed by atoms with Crippen molar-refractivity contribution in [1.29, 1.82) is 0 Å². The van der Waals surface area contributed by atoms with Crippen molar-refractivity contribution >= 4 is 34.6 Å². The highest BCUT2D eigenvalue weighted by atomic mass is 35.5. The second-order valence-electron chi connectivity index (χ2n) is 5.13. The van der Waals surface area contributed by atoms with Gasteiger partial charge < -0.3 is 15.5 Å². The molecule has 19 heavy (non-hydrogen) atoms. The third-order valence-electron chi connectivity index (χ3n) is 2.81. The molecular formula is C14H23ClN3S+. The lowest BCUT2D eigenvalue weighted by Gasteiger charge is -2.15. The Balaban J connectivity index is 2.49. The van der Waals surface area contributed by atoms with Gasteiger partial charge in [-0.05, 0) is 43.3 Å². The minimum Gasteiger partial charge on any atom is -0.362 e. The summed E-state index contributed by atoms with van der Waals surface area (Å²) < 4.78 is 0. The predicted molar refractivity (Wildman–Crippen MR) is 87.4 cm³/mol. The highest BCUT2D eigenvalue weighted by Crippen LogP contribution is 2.27. The van der Waals surface area contributed by atoms with Crippen molar-refractivity contribution in [3.63, 3.8) is 0 Å². The van der Waals surface area contributed by atoms with E-state index in [1.165, 1.54) is 4.90 Å².